The molecule has 0 spiro atoms. The maximum atomic E-state index is 12.3. The van der Waals surface area contributed by atoms with Gasteiger partial charge in [0.2, 0.25) is 5.91 Å². The Hall–Kier alpha value is -2.62. The van der Waals surface area contributed by atoms with Gasteiger partial charge in [0, 0.05) is 18.9 Å². The van der Waals surface area contributed by atoms with Crippen LogP contribution in [0.3, 0.4) is 0 Å². The lowest BCUT2D eigenvalue weighted by atomic mass is 10.0. The number of rotatable bonds is 14. The molecule has 2 rings (SSSR count). The van der Waals surface area contributed by atoms with Gasteiger partial charge in [-0.3, -0.25) is 9.59 Å². The van der Waals surface area contributed by atoms with Crippen molar-refractivity contribution < 1.29 is 14.7 Å². The molecule has 2 aromatic carbocycles. The Kier molecular flexibility index (Phi) is 10.6. The molecule has 1 unspecified atom stereocenters. The summed E-state index contributed by atoms with van der Waals surface area (Å²) in [6.07, 6.45) is 7.96. The molecular weight excluding hydrogens is 362 g/mol. The lowest BCUT2D eigenvalue weighted by molar-refractivity contribution is -0.137. The summed E-state index contributed by atoms with van der Waals surface area (Å²) in [6.45, 7) is 0. The molecule has 0 radical (unpaired) electrons. The van der Waals surface area contributed by atoms with Gasteiger partial charge in [0.25, 0.3) is 0 Å². The number of unbranched alkanes of at least 4 members (excludes halogenated alkanes) is 3. The van der Waals surface area contributed by atoms with Gasteiger partial charge in [0.05, 0.1) is 0 Å². The van der Waals surface area contributed by atoms with E-state index in [0.717, 1.165) is 44.9 Å². The standard InChI is InChI=1S/C25H33NO3/c27-24(16-10-2-1-5-11-21-12-6-3-7-13-21)26-23(19-20-25(28)29)18-17-22-14-8-4-9-15-22/h3-4,6-9,12-15,23H,1-2,5,10-11,16-20H2,(H,26,27)(H,28,29). The Labute approximate surface area is 174 Å². The first-order valence-corrected chi connectivity index (χ1v) is 10.7. The minimum atomic E-state index is -0.817. The number of nitrogens with one attached hydrogen (secondary N) is 1. The summed E-state index contributed by atoms with van der Waals surface area (Å²) in [7, 11) is 0. The van der Waals surface area contributed by atoms with E-state index >= 15 is 0 Å². The fourth-order valence-corrected chi connectivity index (χ4v) is 3.48. The molecule has 4 nitrogen and oxygen atoms in total. The number of benzene rings is 2. The Morgan fingerprint density at radius 1 is 0.724 bits per heavy atom. The summed E-state index contributed by atoms with van der Waals surface area (Å²) < 4.78 is 0. The maximum absolute atomic E-state index is 12.3. The third-order valence-electron chi connectivity index (χ3n) is 5.16. The first-order chi connectivity index (χ1) is 14.1. The Bertz CT molecular complexity index is 715. The molecule has 1 amide bonds. The number of carboxylic acid groups (broad SMARTS) is 1. The molecule has 2 aromatic rings. The second-order valence-corrected chi connectivity index (χ2v) is 7.62. The number of carbonyl (C=O) groups is 2. The monoisotopic (exact) mass is 395 g/mol. The topological polar surface area (TPSA) is 66.4 Å². The second-order valence-electron chi connectivity index (χ2n) is 7.62. The Morgan fingerprint density at radius 2 is 1.31 bits per heavy atom. The number of aryl methyl sites for hydroxylation is 2. The van der Waals surface area contributed by atoms with Crippen LogP contribution in [0.2, 0.25) is 0 Å². The summed E-state index contributed by atoms with van der Waals surface area (Å²) in [5, 5.41) is 12.0. The van der Waals surface area contributed by atoms with Gasteiger partial charge in [-0.05, 0) is 49.7 Å². The van der Waals surface area contributed by atoms with Gasteiger partial charge in [-0.1, -0.05) is 73.5 Å². The minimum absolute atomic E-state index is 0.0384. The molecule has 2 N–H and O–H groups in total. The number of hydrogen-bond donors (Lipinski definition) is 2. The third-order valence-corrected chi connectivity index (χ3v) is 5.16. The molecule has 0 saturated heterocycles. The molecule has 156 valence electrons. The summed E-state index contributed by atoms with van der Waals surface area (Å²) in [4.78, 5) is 23.2. The van der Waals surface area contributed by atoms with Crippen molar-refractivity contribution in [3.05, 3.63) is 71.8 Å². The fraction of sp³-hybridized carbons (Fsp3) is 0.440. The molecule has 0 aromatic heterocycles. The molecule has 0 heterocycles. The van der Waals surface area contributed by atoms with E-state index in [0.29, 0.717) is 12.8 Å². The second kappa shape index (κ2) is 13.5. The number of aliphatic carboxylic acids is 1. The number of hydrogen-bond acceptors (Lipinski definition) is 2. The van der Waals surface area contributed by atoms with Crippen LogP contribution in [0.15, 0.2) is 60.7 Å². The quantitative estimate of drug-likeness (QED) is 0.434. The van der Waals surface area contributed by atoms with Crippen LogP contribution in [0, 0.1) is 0 Å². The van der Waals surface area contributed by atoms with Crippen LogP contribution in [0.25, 0.3) is 0 Å². The van der Waals surface area contributed by atoms with Crippen LogP contribution in [0.5, 0.6) is 0 Å². The third kappa shape index (κ3) is 10.5. The van der Waals surface area contributed by atoms with Crippen LogP contribution in [0.4, 0.5) is 0 Å². The van der Waals surface area contributed by atoms with Crippen LogP contribution >= 0.6 is 0 Å². The van der Waals surface area contributed by atoms with E-state index in [2.05, 4.69) is 41.7 Å². The molecule has 0 aliphatic carbocycles. The van der Waals surface area contributed by atoms with Crippen molar-refractivity contribution in [2.45, 2.75) is 70.3 Å². The molecule has 29 heavy (non-hydrogen) atoms. The van der Waals surface area contributed by atoms with Gasteiger partial charge >= 0.3 is 5.97 Å². The van der Waals surface area contributed by atoms with Gasteiger partial charge in [0.15, 0.2) is 0 Å². The van der Waals surface area contributed by atoms with E-state index < -0.39 is 5.97 Å². The Balaban J connectivity index is 1.64. The van der Waals surface area contributed by atoms with Crippen molar-refractivity contribution in [1.82, 2.24) is 5.32 Å². The van der Waals surface area contributed by atoms with Crippen molar-refractivity contribution in [2.75, 3.05) is 0 Å². The molecule has 0 bridgehead atoms. The predicted molar refractivity (Wildman–Crippen MR) is 117 cm³/mol. The van der Waals surface area contributed by atoms with Crippen molar-refractivity contribution in [3.8, 4) is 0 Å². The zero-order valence-electron chi connectivity index (χ0n) is 17.2. The van der Waals surface area contributed by atoms with E-state index in [1.165, 1.54) is 11.1 Å². The average Bonchev–Trinajstić information content (AvgIpc) is 2.74. The van der Waals surface area contributed by atoms with E-state index in [-0.39, 0.29) is 18.4 Å². The molecule has 4 heteroatoms. The van der Waals surface area contributed by atoms with Crippen molar-refractivity contribution in [2.24, 2.45) is 0 Å². The van der Waals surface area contributed by atoms with Gasteiger partial charge in [-0.15, -0.1) is 0 Å². The average molecular weight is 396 g/mol. The highest BCUT2D eigenvalue weighted by atomic mass is 16.4. The zero-order chi connectivity index (χ0) is 20.7. The van der Waals surface area contributed by atoms with Crippen molar-refractivity contribution >= 4 is 11.9 Å². The largest absolute Gasteiger partial charge is 0.481 e. The van der Waals surface area contributed by atoms with Crippen LogP contribution in [0.1, 0.15) is 62.5 Å². The van der Waals surface area contributed by atoms with Crippen molar-refractivity contribution in [1.29, 1.82) is 0 Å². The smallest absolute Gasteiger partial charge is 0.303 e. The molecule has 0 aliphatic heterocycles. The lowest BCUT2D eigenvalue weighted by Gasteiger charge is -2.18. The predicted octanol–water partition coefficient (Wildman–Crippen LogP) is 5.16. The highest BCUT2D eigenvalue weighted by Crippen LogP contribution is 2.11. The highest BCUT2D eigenvalue weighted by molar-refractivity contribution is 5.76. The van der Waals surface area contributed by atoms with Crippen LogP contribution in [-0.4, -0.2) is 23.0 Å². The molecule has 0 fully saturated rings. The zero-order valence-corrected chi connectivity index (χ0v) is 17.2. The number of carbonyl (C=O) groups excluding carboxylic acids is 1. The van der Waals surface area contributed by atoms with Crippen LogP contribution in [-0.2, 0) is 22.4 Å². The molecule has 0 saturated carbocycles. The summed E-state index contributed by atoms with van der Waals surface area (Å²) in [5.74, 6) is -0.779. The first-order valence-electron chi connectivity index (χ1n) is 10.7. The number of amides is 1. The fourth-order valence-electron chi connectivity index (χ4n) is 3.48. The Morgan fingerprint density at radius 3 is 1.93 bits per heavy atom. The maximum Gasteiger partial charge on any atom is 0.303 e. The van der Waals surface area contributed by atoms with Gasteiger partial charge < -0.3 is 10.4 Å². The van der Waals surface area contributed by atoms with E-state index in [9.17, 15) is 9.59 Å². The minimum Gasteiger partial charge on any atom is -0.481 e. The normalized spacial score (nSPS) is 11.7. The van der Waals surface area contributed by atoms with Crippen molar-refractivity contribution in [3.63, 3.8) is 0 Å². The lowest BCUT2D eigenvalue weighted by Crippen LogP contribution is -2.35. The molecular formula is C25H33NO3. The highest BCUT2D eigenvalue weighted by Gasteiger charge is 2.14. The van der Waals surface area contributed by atoms with Crippen LogP contribution < -0.4 is 5.32 Å². The summed E-state index contributed by atoms with van der Waals surface area (Å²) in [5.41, 5.74) is 2.57. The van der Waals surface area contributed by atoms with Gasteiger partial charge in [-0.25, -0.2) is 0 Å². The first kappa shape index (κ1) is 22.7. The van der Waals surface area contributed by atoms with E-state index in [1.807, 2.05) is 24.3 Å². The van der Waals surface area contributed by atoms with Gasteiger partial charge in [-0.2, -0.15) is 0 Å². The summed E-state index contributed by atoms with van der Waals surface area (Å²) >= 11 is 0. The molecule has 1 atom stereocenters. The molecule has 0 aliphatic rings. The van der Waals surface area contributed by atoms with E-state index in [1.54, 1.807) is 0 Å². The van der Waals surface area contributed by atoms with Gasteiger partial charge in [0.1, 0.15) is 0 Å². The summed E-state index contributed by atoms with van der Waals surface area (Å²) in [6, 6.07) is 20.5. The SMILES string of the molecule is O=C(O)CCC(CCc1ccccc1)NC(=O)CCCCCCc1ccccc1. The number of carboxylic acids is 1. The van der Waals surface area contributed by atoms with E-state index in [4.69, 9.17) is 5.11 Å².